The Kier molecular flexibility index (Phi) is 5.30. The minimum atomic E-state index is -3.30. The van der Waals surface area contributed by atoms with E-state index in [4.69, 9.17) is 0 Å². The molecule has 0 aliphatic carbocycles. The van der Waals surface area contributed by atoms with Gasteiger partial charge in [-0.15, -0.1) is 0 Å². The summed E-state index contributed by atoms with van der Waals surface area (Å²) in [6.07, 6.45) is 0. The average molecular weight is 270 g/mol. The van der Waals surface area contributed by atoms with Crippen LogP contribution in [0.25, 0.3) is 0 Å². The van der Waals surface area contributed by atoms with Gasteiger partial charge < -0.3 is 5.32 Å². The van der Waals surface area contributed by atoms with Crippen molar-refractivity contribution in [3.63, 3.8) is 0 Å². The van der Waals surface area contributed by atoms with E-state index in [0.717, 1.165) is 9.87 Å². The van der Waals surface area contributed by atoms with E-state index in [1.165, 1.54) is 7.05 Å². The fourth-order valence-corrected chi connectivity index (χ4v) is 2.13. The molecule has 1 rings (SSSR count). The molecule has 0 radical (unpaired) electrons. The first-order valence-electron chi connectivity index (χ1n) is 5.70. The molecule has 0 saturated heterocycles. The molecule has 100 valence electrons. The Balaban J connectivity index is 2.44. The highest BCUT2D eigenvalue weighted by molar-refractivity contribution is 7.89. The van der Waals surface area contributed by atoms with Crippen LogP contribution < -0.4 is 5.32 Å². The summed E-state index contributed by atoms with van der Waals surface area (Å²) in [5, 5.41) is 2.68. The van der Waals surface area contributed by atoms with E-state index in [-0.39, 0.29) is 18.2 Å². The number of likely N-dealkylation sites (N-methyl/N-ethyl adjacent to an activating group) is 1. The largest absolute Gasteiger partial charge is 0.351 e. The number of carbonyl (C=O) groups excluding carboxylic acids is 1. The van der Waals surface area contributed by atoms with Crippen LogP contribution in [-0.2, 0) is 21.4 Å². The molecule has 0 aromatic heterocycles. The van der Waals surface area contributed by atoms with Crippen LogP contribution in [0, 0.1) is 0 Å². The molecule has 0 aliphatic rings. The molecule has 0 unspecified atom stereocenters. The molecule has 0 heterocycles. The van der Waals surface area contributed by atoms with E-state index in [0.29, 0.717) is 6.54 Å². The molecule has 0 bridgehead atoms. The van der Waals surface area contributed by atoms with Gasteiger partial charge in [0.25, 0.3) is 0 Å². The van der Waals surface area contributed by atoms with Crippen molar-refractivity contribution in [2.45, 2.75) is 13.5 Å². The van der Waals surface area contributed by atoms with Crippen molar-refractivity contribution < 1.29 is 13.2 Å². The highest BCUT2D eigenvalue weighted by Gasteiger charge is 2.17. The van der Waals surface area contributed by atoms with Gasteiger partial charge in [-0.25, -0.2) is 8.42 Å². The second kappa shape index (κ2) is 6.51. The first kappa shape index (κ1) is 14.7. The lowest BCUT2D eigenvalue weighted by molar-refractivity contribution is -0.121. The molecular weight excluding hydrogens is 252 g/mol. The van der Waals surface area contributed by atoms with Crippen molar-refractivity contribution in [2.75, 3.05) is 19.3 Å². The fourth-order valence-electron chi connectivity index (χ4n) is 1.37. The van der Waals surface area contributed by atoms with E-state index in [2.05, 4.69) is 5.32 Å². The Bertz CT molecular complexity index is 485. The first-order chi connectivity index (χ1) is 8.45. The first-order valence-corrected chi connectivity index (χ1v) is 7.31. The summed E-state index contributed by atoms with van der Waals surface area (Å²) >= 11 is 0. The van der Waals surface area contributed by atoms with Gasteiger partial charge in [-0.1, -0.05) is 30.3 Å². The van der Waals surface area contributed by atoms with E-state index >= 15 is 0 Å². The van der Waals surface area contributed by atoms with Gasteiger partial charge in [0.15, 0.2) is 0 Å². The summed E-state index contributed by atoms with van der Waals surface area (Å²) in [5.74, 6) is -0.312. The van der Waals surface area contributed by atoms with Gasteiger partial charge in [-0.2, -0.15) is 4.31 Å². The third kappa shape index (κ3) is 4.46. The third-order valence-electron chi connectivity index (χ3n) is 2.54. The summed E-state index contributed by atoms with van der Waals surface area (Å²) in [4.78, 5) is 11.6. The Hall–Kier alpha value is -1.40. The normalized spacial score (nSPS) is 11.5. The Morgan fingerprint density at radius 1 is 1.28 bits per heavy atom. The molecule has 18 heavy (non-hydrogen) atoms. The molecule has 0 spiro atoms. The second-order valence-electron chi connectivity index (χ2n) is 3.92. The molecule has 1 amide bonds. The van der Waals surface area contributed by atoms with Crippen LogP contribution in [0.4, 0.5) is 0 Å². The van der Waals surface area contributed by atoms with Crippen LogP contribution in [0.2, 0.25) is 0 Å². The van der Waals surface area contributed by atoms with Crippen molar-refractivity contribution in [1.29, 1.82) is 0 Å². The summed E-state index contributed by atoms with van der Waals surface area (Å²) in [6, 6.07) is 9.46. The number of hydrogen-bond acceptors (Lipinski definition) is 3. The minimum Gasteiger partial charge on any atom is -0.351 e. The maximum atomic E-state index is 11.6. The van der Waals surface area contributed by atoms with Crippen LogP contribution in [0.3, 0.4) is 0 Å². The van der Waals surface area contributed by atoms with Gasteiger partial charge in [0, 0.05) is 13.6 Å². The average Bonchev–Trinajstić information content (AvgIpc) is 2.37. The number of hydrogen-bond donors (Lipinski definition) is 1. The van der Waals surface area contributed by atoms with Crippen LogP contribution in [0.15, 0.2) is 30.3 Å². The molecule has 5 nitrogen and oxygen atoms in total. The molecule has 0 saturated carbocycles. The number of amides is 1. The third-order valence-corrected chi connectivity index (χ3v) is 4.35. The van der Waals surface area contributed by atoms with Crippen LogP contribution in [-0.4, -0.2) is 38.0 Å². The zero-order valence-corrected chi connectivity index (χ0v) is 11.4. The maximum absolute atomic E-state index is 11.6. The van der Waals surface area contributed by atoms with Crippen LogP contribution in [0.5, 0.6) is 0 Å². The summed E-state index contributed by atoms with van der Waals surface area (Å²) < 4.78 is 24.0. The van der Waals surface area contributed by atoms with E-state index in [9.17, 15) is 13.2 Å². The number of benzene rings is 1. The minimum absolute atomic E-state index is 0.00450. The van der Waals surface area contributed by atoms with E-state index in [1.807, 2.05) is 30.3 Å². The topological polar surface area (TPSA) is 66.5 Å². The van der Waals surface area contributed by atoms with Crippen molar-refractivity contribution >= 4 is 15.9 Å². The van der Waals surface area contributed by atoms with Crippen LogP contribution >= 0.6 is 0 Å². The van der Waals surface area contributed by atoms with E-state index in [1.54, 1.807) is 6.92 Å². The van der Waals surface area contributed by atoms with Gasteiger partial charge in [-0.05, 0) is 12.5 Å². The maximum Gasteiger partial charge on any atom is 0.235 e. The van der Waals surface area contributed by atoms with E-state index < -0.39 is 10.0 Å². The monoisotopic (exact) mass is 270 g/mol. The zero-order chi connectivity index (χ0) is 13.6. The molecule has 0 fully saturated rings. The van der Waals surface area contributed by atoms with Crippen molar-refractivity contribution in [1.82, 2.24) is 9.62 Å². The second-order valence-corrected chi connectivity index (χ2v) is 6.28. The van der Waals surface area contributed by atoms with Gasteiger partial charge in [0.05, 0.1) is 12.3 Å². The Labute approximate surface area is 108 Å². The lowest BCUT2D eigenvalue weighted by atomic mass is 10.2. The predicted octanol–water partition coefficient (Wildman–Crippen LogP) is 0.584. The van der Waals surface area contributed by atoms with Crippen molar-refractivity contribution in [3.05, 3.63) is 35.9 Å². The summed E-state index contributed by atoms with van der Waals surface area (Å²) in [6.45, 7) is 1.80. The molecular formula is C12H18N2O3S. The van der Waals surface area contributed by atoms with Gasteiger partial charge in [0.1, 0.15) is 0 Å². The molecule has 0 atom stereocenters. The molecule has 0 aliphatic heterocycles. The van der Waals surface area contributed by atoms with Gasteiger partial charge >= 0.3 is 0 Å². The standard InChI is InChI=1S/C12H18N2O3S/c1-3-18(16,17)14(2)10-12(15)13-9-11-7-5-4-6-8-11/h4-8H,3,9-10H2,1-2H3,(H,13,15). The van der Waals surface area contributed by atoms with Crippen molar-refractivity contribution in [3.8, 4) is 0 Å². The molecule has 1 aromatic carbocycles. The number of rotatable bonds is 6. The zero-order valence-electron chi connectivity index (χ0n) is 10.6. The van der Waals surface area contributed by atoms with Gasteiger partial charge in [0.2, 0.25) is 15.9 Å². The quantitative estimate of drug-likeness (QED) is 0.822. The Morgan fingerprint density at radius 3 is 2.44 bits per heavy atom. The summed E-state index contributed by atoms with van der Waals surface area (Å²) in [7, 11) is -1.90. The molecule has 6 heteroatoms. The number of carbonyl (C=O) groups is 1. The van der Waals surface area contributed by atoms with Gasteiger partial charge in [-0.3, -0.25) is 4.79 Å². The predicted molar refractivity (Wildman–Crippen MR) is 70.4 cm³/mol. The molecule has 1 N–H and O–H groups in total. The Morgan fingerprint density at radius 2 is 1.89 bits per heavy atom. The van der Waals surface area contributed by atoms with Crippen LogP contribution in [0.1, 0.15) is 12.5 Å². The number of nitrogens with one attached hydrogen (secondary N) is 1. The highest BCUT2D eigenvalue weighted by Crippen LogP contribution is 1.99. The summed E-state index contributed by atoms with van der Waals surface area (Å²) in [5.41, 5.74) is 0.979. The van der Waals surface area contributed by atoms with Crippen molar-refractivity contribution in [2.24, 2.45) is 0 Å². The lowest BCUT2D eigenvalue weighted by Crippen LogP contribution is -2.38. The number of sulfonamides is 1. The fraction of sp³-hybridized carbons (Fsp3) is 0.417. The molecule has 1 aromatic rings. The lowest BCUT2D eigenvalue weighted by Gasteiger charge is -2.15. The highest BCUT2D eigenvalue weighted by atomic mass is 32.2. The SMILES string of the molecule is CCS(=O)(=O)N(C)CC(=O)NCc1ccccc1. The smallest absolute Gasteiger partial charge is 0.235 e. The number of nitrogens with zero attached hydrogens (tertiary/aromatic N) is 1.